The summed E-state index contributed by atoms with van der Waals surface area (Å²) in [4.78, 5) is 15.3. The number of hydrogen-bond acceptors (Lipinski definition) is 2. The molecule has 1 unspecified atom stereocenters. The third-order valence-corrected chi connectivity index (χ3v) is 4.21. The number of amides is 1. The van der Waals surface area contributed by atoms with Crippen LogP contribution in [0.25, 0.3) is 10.9 Å². The summed E-state index contributed by atoms with van der Waals surface area (Å²) >= 11 is 0. The average molecular weight is 300 g/mol. The summed E-state index contributed by atoms with van der Waals surface area (Å²) in [6.45, 7) is 6.66. The number of aromatic nitrogens is 1. The Morgan fingerprint density at radius 2 is 2.27 bits per heavy atom. The molecule has 1 heterocycles. The minimum Gasteiger partial charge on any atom is -0.449 e. The lowest BCUT2D eigenvalue weighted by atomic mass is 9.91. The largest absolute Gasteiger partial charge is 0.449 e. The Morgan fingerprint density at radius 3 is 3.05 bits per heavy atom. The number of ether oxygens (including phenoxy) is 1. The van der Waals surface area contributed by atoms with Crippen molar-refractivity contribution >= 4 is 17.0 Å². The van der Waals surface area contributed by atoms with Gasteiger partial charge in [-0.05, 0) is 43.4 Å². The summed E-state index contributed by atoms with van der Waals surface area (Å²) in [5.74, 6) is 0.362. The van der Waals surface area contributed by atoms with Crippen molar-refractivity contribution in [2.75, 3.05) is 6.61 Å². The van der Waals surface area contributed by atoms with Crippen LogP contribution in [0, 0.1) is 12.8 Å². The molecule has 0 aliphatic heterocycles. The van der Waals surface area contributed by atoms with Crippen molar-refractivity contribution in [2.45, 2.75) is 46.1 Å². The van der Waals surface area contributed by atoms with E-state index in [0.717, 1.165) is 19.3 Å². The highest BCUT2D eigenvalue weighted by atomic mass is 16.5. The zero-order valence-corrected chi connectivity index (χ0v) is 13.5. The van der Waals surface area contributed by atoms with Gasteiger partial charge in [-0.1, -0.05) is 25.5 Å². The van der Waals surface area contributed by atoms with E-state index < -0.39 is 0 Å². The Balaban J connectivity index is 1.69. The first kappa shape index (κ1) is 14.9. The molecule has 0 saturated heterocycles. The number of aromatic amines is 1. The number of rotatable bonds is 3. The van der Waals surface area contributed by atoms with Gasteiger partial charge in [0.2, 0.25) is 0 Å². The number of aryl methyl sites for hydroxylation is 2. The van der Waals surface area contributed by atoms with Crippen LogP contribution in [-0.4, -0.2) is 23.7 Å². The van der Waals surface area contributed by atoms with Gasteiger partial charge in [0.25, 0.3) is 0 Å². The number of nitrogens with one attached hydrogen (secondary N) is 2. The van der Waals surface area contributed by atoms with Crippen molar-refractivity contribution in [1.82, 2.24) is 10.3 Å². The van der Waals surface area contributed by atoms with Gasteiger partial charge in [-0.15, -0.1) is 0 Å². The Kier molecular flexibility index (Phi) is 4.10. The van der Waals surface area contributed by atoms with E-state index in [1.54, 1.807) is 0 Å². The van der Waals surface area contributed by atoms with E-state index in [4.69, 9.17) is 4.74 Å². The van der Waals surface area contributed by atoms with Crippen LogP contribution in [0.4, 0.5) is 4.79 Å². The maximum atomic E-state index is 11.8. The van der Waals surface area contributed by atoms with E-state index >= 15 is 0 Å². The van der Waals surface area contributed by atoms with Crippen LogP contribution in [-0.2, 0) is 17.6 Å². The minimum atomic E-state index is -0.297. The standard InChI is InChI=1S/C18H24N2O2/c1-11(2)10-22-18(21)19-13-5-6-14-15-8-12(3)4-7-16(15)20-17(14)9-13/h4,7-8,11,13,20H,5-6,9-10H2,1-3H3,(H,19,21). The molecule has 2 aromatic rings. The topological polar surface area (TPSA) is 54.1 Å². The van der Waals surface area contributed by atoms with Crippen LogP contribution in [0.5, 0.6) is 0 Å². The normalized spacial score (nSPS) is 17.5. The van der Waals surface area contributed by atoms with Gasteiger partial charge in [-0.25, -0.2) is 4.79 Å². The first-order valence-corrected chi connectivity index (χ1v) is 8.06. The number of benzene rings is 1. The number of H-pyrrole nitrogens is 1. The highest BCUT2D eigenvalue weighted by Gasteiger charge is 2.24. The molecule has 1 aromatic heterocycles. The third-order valence-electron chi connectivity index (χ3n) is 4.21. The molecule has 1 amide bonds. The van der Waals surface area contributed by atoms with Crippen LogP contribution >= 0.6 is 0 Å². The zero-order chi connectivity index (χ0) is 15.7. The van der Waals surface area contributed by atoms with Crippen LogP contribution in [0.1, 0.15) is 37.1 Å². The molecule has 0 radical (unpaired) electrons. The van der Waals surface area contributed by atoms with E-state index in [-0.39, 0.29) is 12.1 Å². The lowest BCUT2D eigenvalue weighted by molar-refractivity contribution is 0.128. The molecule has 22 heavy (non-hydrogen) atoms. The number of carbonyl (C=O) groups excluding carboxylic acids is 1. The molecule has 0 spiro atoms. The molecule has 0 saturated carbocycles. The van der Waals surface area contributed by atoms with E-state index in [9.17, 15) is 4.79 Å². The molecule has 1 aromatic carbocycles. The lowest BCUT2D eigenvalue weighted by Crippen LogP contribution is -2.39. The molecule has 1 aliphatic carbocycles. The summed E-state index contributed by atoms with van der Waals surface area (Å²) in [5, 5.41) is 4.32. The SMILES string of the molecule is Cc1ccc2[nH]c3c(c2c1)CCC(NC(=O)OCC(C)C)C3. The number of carbonyl (C=O) groups is 1. The van der Waals surface area contributed by atoms with Gasteiger partial charge in [0.1, 0.15) is 0 Å². The van der Waals surface area contributed by atoms with Gasteiger partial charge >= 0.3 is 6.09 Å². The summed E-state index contributed by atoms with van der Waals surface area (Å²) in [5.41, 5.74) is 5.14. The summed E-state index contributed by atoms with van der Waals surface area (Å²) in [6, 6.07) is 6.67. The Labute approximate surface area is 131 Å². The molecule has 4 heteroatoms. The molecule has 0 fully saturated rings. The number of alkyl carbamates (subject to hydrolysis) is 1. The Morgan fingerprint density at radius 1 is 1.45 bits per heavy atom. The smallest absolute Gasteiger partial charge is 0.407 e. The summed E-state index contributed by atoms with van der Waals surface area (Å²) in [7, 11) is 0. The first-order chi connectivity index (χ1) is 10.5. The lowest BCUT2D eigenvalue weighted by Gasteiger charge is -2.23. The van der Waals surface area contributed by atoms with Crippen molar-refractivity contribution in [2.24, 2.45) is 5.92 Å². The van der Waals surface area contributed by atoms with E-state index in [0.29, 0.717) is 12.5 Å². The molecule has 1 aliphatic rings. The number of hydrogen-bond donors (Lipinski definition) is 2. The van der Waals surface area contributed by atoms with Crippen LogP contribution in [0.2, 0.25) is 0 Å². The molecule has 1 atom stereocenters. The van der Waals surface area contributed by atoms with Crippen molar-refractivity contribution < 1.29 is 9.53 Å². The van der Waals surface area contributed by atoms with Gasteiger partial charge < -0.3 is 15.0 Å². The average Bonchev–Trinajstić information content (AvgIpc) is 2.82. The fraction of sp³-hybridized carbons (Fsp3) is 0.500. The van der Waals surface area contributed by atoms with Gasteiger partial charge in [-0.2, -0.15) is 0 Å². The van der Waals surface area contributed by atoms with Gasteiger partial charge in [0, 0.05) is 29.1 Å². The highest BCUT2D eigenvalue weighted by Crippen LogP contribution is 2.29. The second kappa shape index (κ2) is 6.03. The fourth-order valence-corrected chi connectivity index (χ4v) is 3.12. The van der Waals surface area contributed by atoms with E-state index in [1.807, 2.05) is 13.8 Å². The third kappa shape index (κ3) is 3.11. The molecule has 0 bridgehead atoms. The molecule has 3 rings (SSSR count). The monoisotopic (exact) mass is 300 g/mol. The fourth-order valence-electron chi connectivity index (χ4n) is 3.12. The van der Waals surface area contributed by atoms with Crippen LogP contribution in [0.15, 0.2) is 18.2 Å². The Bertz CT molecular complexity index is 688. The van der Waals surface area contributed by atoms with Crippen LogP contribution < -0.4 is 5.32 Å². The molecule has 4 nitrogen and oxygen atoms in total. The van der Waals surface area contributed by atoms with Crippen molar-refractivity contribution in [1.29, 1.82) is 0 Å². The predicted octanol–water partition coefficient (Wildman–Crippen LogP) is 3.72. The minimum absolute atomic E-state index is 0.154. The second-order valence-electron chi connectivity index (χ2n) is 6.71. The van der Waals surface area contributed by atoms with Crippen molar-refractivity contribution in [3.63, 3.8) is 0 Å². The molecule has 118 valence electrons. The number of fused-ring (bicyclic) bond motifs is 3. The zero-order valence-electron chi connectivity index (χ0n) is 13.5. The predicted molar refractivity (Wildman–Crippen MR) is 88.2 cm³/mol. The van der Waals surface area contributed by atoms with Crippen molar-refractivity contribution in [3.8, 4) is 0 Å². The van der Waals surface area contributed by atoms with Gasteiger partial charge in [0.15, 0.2) is 0 Å². The molecular formula is C18H24N2O2. The second-order valence-corrected chi connectivity index (χ2v) is 6.71. The maximum Gasteiger partial charge on any atom is 0.407 e. The summed E-state index contributed by atoms with van der Waals surface area (Å²) in [6.07, 6.45) is 2.51. The van der Waals surface area contributed by atoms with Gasteiger partial charge in [-0.3, -0.25) is 0 Å². The van der Waals surface area contributed by atoms with Crippen LogP contribution in [0.3, 0.4) is 0 Å². The van der Waals surface area contributed by atoms with E-state index in [2.05, 4.69) is 35.4 Å². The maximum absolute atomic E-state index is 11.8. The Hall–Kier alpha value is -1.97. The summed E-state index contributed by atoms with van der Waals surface area (Å²) < 4.78 is 5.21. The van der Waals surface area contributed by atoms with Gasteiger partial charge in [0.05, 0.1) is 6.61 Å². The quantitative estimate of drug-likeness (QED) is 0.907. The van der Waals surface area contributed by atoms with Crippen molar-refractivity contribution in [3.05, 3.63) is 35.0 Å². The molecule has 2 N–H and O–H groups in total. The highest BCUT2D eigenvalue weighted by molar-refractivity contribution is 5.85. The molecular weight excluding hydrogens is 276 g/mol. The van der Waals surface area contributed by atoms with E-state index in [1.165, 1.54) is 27.7 Å². The first-order valence-electron chi connectivity index (χ1n) is 8.06.